The zero-order chi connectivity index (χ0) is 38.1. The van der Waals surface area contributed by atoms with Gasteiger partial charge in [0.1, 0.15) is 28.4 Å². The number of nitrogens with zero attached hydrogens (tertiary/aromatic N) is 1. The first-order valence-electron chi connectivity index (χ1n) is 16.7. The summed E-state index contributed by atoms with van der Waals surface area (Å²) in [6.07, 6.45) is -0.583. The lowest BCUT2D eigenvalue weighted by Crippen LogP contribution is -2.68. The van der Waals surface area contributed by atoms with Gasteiger partial charge in [-0.25, -0.2) is 14.6 Å². The van der Waals surface area contributed by atoms with Crippen LogP contribution in [-0.4, -0.2) is 80.3 Å². The highest BCUT2D eigenvalue weighted by atomic mass is 32.1. The predicted molar refractivity (Wildman–Crippen MR) is 203 cm³/mol. The molecule has 3 aromatic carbocycles. The number of rotatable bonds is 13. The smallest absolute Gasteiger partial charge is 0.412 e. The number of amides is 3. The minimum absolute atomic E-state index is 0.0294. The number of benzene rings is 3. The number of hydrogen-bond acceptors (Lipinski definition) is 10. The third-order valence-electron chi connectivity index (χ3n) is 8.00. The zero-order valence-corrected chi connectivity index (χ0v) is 32.2. The number of methoxy groups -OCH3 is 1. The van der Waals surface area contributed by atoms with Gasteiger partial charge in [-0.3, -0.25) is 14.9 Å². The van der Waals surface area contributed by atoms with Gasteiger partial charge in [0.05, 0.1) is 20.3 Å². The van der Waals surface area contributed by atoms with Gasteiger partial charge in [0.25, 0.3) is 14.2 Å². The number of aromatic nitrogens is 1. The number of nitrogens with one attached hydrogen (secondary N) is 3. The number of thiazole rings is 1. The number of carbonyl (C=O) groups excluding carboxylic acids is 4. The summed E-state index contributed by atoms with van der Waals surface area (Å²) in [5, 5.41) is 21.5. The SMILES string of the molecule is COC(=O)[C@H](CO[Si](c1ccccc1)(c1ccccc1)C(C)(C)C)NC(=O)[C@H](CO)NC(=O)c1csc(-c2ccc(NC(=O)OC(C)(C)C)cc2)n1. The lowest BCUT2D eigenvalue weighted by molar-refractivity contribution is -0.146. The van der Waals surface area contributed by atoms with Crippen molar-refractivity contribution in [2.75, 3.05) is 25.6 Å². The maximum absolute atomic E-state index is 13.5. The van der Waals surface area contributed by atoms with Crippen LogP contribution < -0.4 is 26.3 Å². The molecule has 0 aliphatic rings. The summed E-state index contributed by atoms with van der Waals surface area (Å²) in [5.41, 5.74) is 0.603. The van der Waals surface area contributed by atoms with Gasteiger partial charge in [-0.05, 0) is 60.4 Å². The molecule has 276 valence electrons. The van der Waals surface area contributed by atoms with E-state index in [2.05, 4.69) is 41.7 Å². The molecule has 4 aromatic rings. The molecule has 4 rings (SSSR count). The Morgan fingerprint density at radius 1 is 0.827 bits per heavy atom. The Labute approximate surface area is 309 Å². The van der Waals surface area contributed by atoms with E-state index in [1.165, 1.54) is 23.8 Å². The van der Waals surface area contributed by atoms with Crippen molar-refractivity contribution in [3.63, 3.8) is 0 Å². The third kappa shape index (κ3) is 9.91. The molecule has 0 bridgehead atoms. The van der Waals surface area contributed by atoms with Gasteiger partial charge < -0.3 is 29.6 Å². The Morgan fingerprint density at radius 3 is 1.90 bits per heavy atom. The van der Waals surface area contributed by atoms with Crippen LogP contribution in [0.3, 0.4) is 0 Å². The minimum atomic E-state index is -3.08. The molecule has 4 N–H and O–H groups in total. The van der Waals surface area contributed by atoms with Gasteiger partial charge in [0, 0.05) is 16.6 Å². The molecule has 0 spiro atoms. The first-order chi connectivity index (χ1) is 24.6. The molecule has 14 heteroatoms. The Bertz CT molecular complexity index is 1780. The van der Waals surface area contributed by atoms with Gasteiger partial charge in [0.15, 0.2) is 0 Å². The van der Waals surface area contributed by atoms with Crippen molar-refractivity contribution in [1.29, 1.82) is 0 Å². The third-order valence-corrected chi connectivity index (χ3v) is 13.9. The number of anilines is 1. The fourth-order valence-electron chi connectivity index (χ4n) is 5.61. The van der Waals surface area contributed by atoms with Crippen LogP contribution in [-0.2, 0) is 23.5 Å². The zero-order valence-electron chi connectivity index (χ0n) is 30.4. The average Bonchev–Trinajstić information content (AvgIpc) is 3.60. The number of esters is 1. The highest BCUT2D eigenvalue weighted by Crippen LogP contribution is 2.37. The number of carbonyl (C=O) groups is 4. The molecule has 0 radical (unpaired) electrons. The summed E-state index contributed by atoms with van der Waals surface area (Å²) in [6, 6.07) is 23.8. The van der Waals surface area contributed by atoms with Crippen LogP contribution in [0.25, 0.3) is 10.6 Å². The van der Waals surface area contributed by atoms with Crippen molar-refractivity contribution in [3.8, 4) is 10.6 Å². The summed E-state index contributed by atoms with van der Waals surface area (Å²) in [6.45, 7) is 10.6. The van der Waals surface area contributed by atoms with Crippen LogP contribution >= 0.6 is 11.3 Å². The van der Waals surface area contributed by atoms with E-state index in [0.29, 0.717) is 16.3 Å². The van der Waals surface area contributed by atoms with Crippen molar-refractivity contribution < 1.29 is 38.2 Å². The summed E-state index contributed by atoms with van der Waals surface area (Å²) in [5.74, 6) is -2.25. The van der Waals surface area contributed by atoms with Crippen LogP contribution in [0.4, 0.5) is 10.5 Å². The first kappa shape index (κ1) is 39.9. The molecule has 1 heterocycles. The van der Waals surface area contributed by atoms with E-state index in [1.807, 2.05) is 60.7 Å². The van der Waals surface area contributed by atoms with E-state index in [1.54, 1.807) is 45.0 Å². The van der Waals surface area contributed by atoms with Gasteiger partial charge in [-0.1, -0.05) is 81.4 Å². The van der Waals surface area contributed by atoms with E-state index in [-0.39, 0.29) is 12.3 Å². The molecule has 1 aromatic heterocycles. The van der Waals surface area contributed by atoms with Gasteiger partial charge in [-0.15, -0.1) is 11.3 Å². The number of aliphatic hydroxyl groups is 1. The molecule has 12 nitrogen and oxygen atoms in total. The lowest BCUT2D eigenvalue weighted by Gasteiger charge is -2.43. The first-order valence-corrected chi connectivity index (χ1v) is 19.5. The Balaban J connectivity index is 1.47. The van der Waals surface area contributed by atoms with E-state index in [4.69, 9.17) is 13.9 Å². The van der Waals surface area contributed by atoms with Crippen LogP contribution in [0.1, 0.15) is 52.0 Å². The van der Waals surface area contributed by atoms with E-state index in [0.717, 1.165) is 10.4 Å². The monoisotopic (exact) mass is 746 g/mol. The molecule has 3 amide bonds. The second-order valence-electron chi connectivity index (χ2n) is 14.0. The Hall–Kier alpha value is -4.89. The van der Waals surface area contributed by atoms with Crippen molar-refractivity contribution >= 4 is 59.6 Å². The molecule has 0 aliphatic carbocycles. The molecule has 0 aliphatic heterocycles. The second kappa shape index (κ2) is 17.1. The van der Waals surface area contributed by atoms with Crippen LogP contribution in [0.15, 0.2) is 90.3 Å². The predicted octanol–water partition coefficient (Wildman–Crippen LogP) is 4.48. The fourth-order valence-corrected chi connectivity index (χ4v) is 11.0. The molecular weight excluding hydrogens is 701 g/mol. The molecule has 0 saturated carbocycles. The van der Waals surface area contributed by atoms with Gasteiger partial charge in [0.2, 0.25) is 5.91 Å². The Kier molecular flexibility index (Phi) is 13.1. The normalized spacial score (nSPS) is 13.0. The van der Waals surface area contributed by atoms with Crippen LogP contribution in [0.5, 0.6) is 0 Å². The highest BCUT2D eigenvalue weighted by Gasteiger charge is 2.50. The summed E-state index contributed by atoms with van der Waals surface area (Å²) in [4.78, 5) is 56.1. The van der Waals surface area contributed by atoms with Crippen molar-refractivity contribution in [2.45, 2.75) is 64.3 Å². The number of ether oxygens (including phenoxy) is 2. The molecule has 0 unspecified atom stereocenters. The van der Waals surface area contributed by atoms with Crippen LogP contribution in [0, 0.1) is 0 Å². The number of hydrogen-bond donors (Lipinski definition) is 4. The average molecular weight is 747 g/mol. The van der Waals surface area contributed by atoms with Crippen LogP contribution in [0.2, 0.25) is 5.04 Å². The minimum Gasteiger partial charge on any atom is -0.467 e. The van der Waals surface area contributed by atoms with Crippen molar-refractivity contribution in [2.24, 2.45) is 0 Å². The lowest BCUT2D eigenvalue weighted by atomic mass is 10.2. The maximum atomic E-state index is 13.5. The summed E-state index contributed by atoms with van der Waals surface area (Å²) < 4.78 is 17.1. The topological polar surface area (TPSA) is 165 Å². The highest BCUT2D eigenvalue weighted by molar-refractivity contribution is 7.13. The molecule has 2 atom stereocenters. The fraction of sp³-hybridized carbons (Fsp3) is 0.342. The van der Waals surface area contributed by atoms with Crippen molar-refractivity contribution in [1.82, 2.24) is 15.6 Å². The number of aliphatic hydroxyl groups excluding tert-OH is 1. The second-order valence-corrected chi connectivity index (χ2v) is 19.2. The quantitative estimate of drug-likeness (QED) is 0.114. The molecule has 0 saturated heterocycles. The standard InChI is InChI=1S/C38H46N4O8SSi/c1-37(2,3)50-36(47)39-26-20-18-25(19-21-26)34-42-31(24-51-34)33(45)40-29(22-43)32(44)41-30(35(46)48-7)23-49-52(38(4,5)6,27-14-10-8-11-15-27)28-16-12-9-13-17-28/h8-21,24,29-30,43H,22-23H2,1-7H3,(H,39,47)(H,40,45)(H,41,44)/t29-,30-/m0/s1. The van der Waals surface area contributed by atoms with E-state index < -0.39 is 61.5 Å². The summed E-state index contributed by atoms with van der Waals surface area (Å²) >= 11 is 1.21. The maximum Gasteiger partial charge on any atom is 0.412 e. The molecule has 0 fully saturated rings. The Morgan fingerprint density at radius 2 is 1.40 bits per heavy atom. The van der Waals surface area contributed by atoms with E-state index in [9.17, 15) is 24.3 Å². The molecular formula is C38H46N4O8SSi. The largest absolute Gasteiger partial charge is 0.467 e. The summed E-state index contributed by atoms with van der Waals surface area (Å²) in [7, 11) is -1.87. The molecule has 52 heavy (non-hydrogen) atoms. The van der Waals surface area contributed by atoms with E-state index >= 15 is 0 Å². The van der Waals surface area contributed by atoms with Gasteiger partial charge in [-0.2, -0.15) is 0 Å². The van der Waals surface area contributed by atoms with Gasteiger partial charge >= 0.3 is 12.1 Å². The van der Waals surface area contributed by atoms with Crippen molar-refractivity contribution in [3.05, 3.63) is 96.0 Å².